The molecule has 1 aromatic rings. The summed E-state index contributed by atoms with van der Waals surface area (Å²) in [5, 5.41) is 9.08. The number of nitrogens with zero attached hydrogens (tertiary/aromatic N) is 1. The topological polar surface area (TPSA) is 23.5 Å². The standard InChI is InChI=1S/C14H20FNO/c1-14(2)3-5-16(6-4-14)13-8-11(10-17)7-12(15)9-13/h7-9,17H,3-6,10H2,1-2H3. The van der Waals surface area contributed by atoms with Crippen LogP contribution < -0.4 is 4.90 Å². The molecule has 1 fully saturated rings. The fourth-order valence-electron chi connectivity index (χ4n) is 2.28. The van der Waals surface area contributed by atoms with Gasteiger partial charge in [0, 0.05) is 18.8 Å². The van der Waals surface area contributed by atoms with Crippen molar-refractivity contribution in [1.29, 1.82) is 0 Å². The predicted molar refractivity (Wildman–Crippen MR) is 67.6 cm³/mol. The molecule has 1 aliphatic rings. The van der Waals surface area contributed by atoms with Crippen LogP contribution in [0.1, 0.15) is 32.3 Å². The molecule has 2 rings (SSSR count). The van der Waals surface area contributed by atoms with Gasteiger partial charge in [0.1, 0.15) is 5.82 Å². The molecule has 17 heavy (non-hydrogen) atoms. The van der Waals surface area contributed by atoms with Gasteiger partial charge in [-0.05, 0) is 42.0 Å². The summed E-state index contributed by atoms with van der Waals surface area (Å²) < 4.78 is 13.4. The van der Waals surface area contributed by atoms with Crippen molar-refractivity contribution in [3.63, 3.8) is 0 Å². The van der Waals surface area contributed by atoms with E-state index in [9.17, 15) is 4.39 Å². The summed E-state index contributed by atoms with van der Waals surface area (Å²) in [7, 11) is 0. The summed E-state index contributed by atoms with van der Waals surface area (Å²) in [4.78, 5) is 2.20. The van der Waals surface area contributed by atoms with Crippen molar-refractivity contribution in [2.75, 3.05) is 18.0 Å². The van der Waals surface area contributed by atoms with Crippen LogP contribution in [0.4, 0.5) is 10.1 Å². The first-order valence-corrected chi connectivity index (χ1v) is 6.15. The highest BCUT2D eigenvalue weighted by molar-refractivity contribution is 5.49. The molecule has 2 nitrogen and oxygen atoms in total. The molecule has 0 unspecified atom stereocenters. The Morgan fingerprint density at radius 3 is 2.47 bits per heavy atom. The Morgan fingerprint density at radius 2 is 1.88 bits per heavy atom. The molecular formula is C14H20FNO. The van der Waals surface area contributed by atoms with Gasteiger partial charge < -0.3 is 10.0 Å². The van der Waals surface area contributed by atoms with E-state index in [1.54, 1.807) is 6.07 Å². The quantitative estimate of drug-likeness (QED) is 0.855. The lowest BCUT2D eigenvalue weighted by atomic mass is 9.82. The molecule has 0 aromatic heterocycles. The smallest absolute Gasteiger partial charge is 0.125 e. The van der Waals surface area contributed by atoms with Gasteiger partial charge in [-0.1, -0.05) is 13.8 Å². The number of hydrogen-bond acceptors (Lipinski definition) is 2. The van der Waals surface area contributed by atoms with Crippen LogP contribution >= 0.6 is 0 Å². The van der Waals surface area contributed by atoms with Crippen molar-refractivity contribution < 1.29 is 9.50 Å². The number of rotatable bonds is 2. The molecule has 1 aromatic carbocycles. The number of aliphatic hydroxyl groups excluding tert-OH is 1. The molecule has 0 spiro atoms. The van der Waals surface area contributed by atoms with E-state index in [1.807, 2.05) is 6.07 Å². The zero-order valence-electron chi connectivity index (χ0n) is 10.5. The van der Waals surface area contributed by atoms with Crippen molar-refractivity contribution >= 4 is 5.69 Å². The molecule has 1 N–H and O–H groups in total. The van der Waals surface area contributed by atoms with Crippen molar-refractivity contribution in [1.82, 2.24) is 0 Å². The minimum atomic E-state index is -0.267. The molecule has 0 amide bonds. The van der Waals surface area contributed by atoms with Crippen molar-refractivity contribution in [2.24, 2.45) is 5.41 Å². The summed E-state index contributed by atoms with van der Waals surface area (Å²) >= 11 is 0. The zero-order chi connectivity index (χ0) is 12.5. The monoisotopic (exact) mass is 237 g/mol. The molecule has 0 aliphatic carbocycles. The van der Waals surface area contributed by atoms with Crippen LogP contribution in [0.15, 0.2) is 18.2 Å². The molecule has 0 atom stereocenters. The van der Waals surface area contributed by atoms with Gasteiger partial charge in [0.25, 0.3) is 0 Å². The number of anilines is 1. The van der Waals surface area contributed by atoms with Gasteiger partial charge in [-0.15, -0.1) is 0 Å². The third kappa shape index (κ3) is 2.97. The zero-order valence-corrected chi connectivity index (χ0v) is 10.5. The molecule has 1 heterocycles. The second kappa shape index (κ2) is 4.65. The molecule has 1 aliphatic heterocycles. The van der Waals surface area contributed by atoms with Crippen LogP contribution in [0.25, 0.3) is 0 Å². The van der Waals surface area contributed by atoms with Crippen LogP contribution in [0.2, 0.25) is 0 Å². The van der Waals surface area contributed by atoms with E-state index < -0.39 is 0 Å². The largest absolute Gasteiger partial charge is 0.392 e. The van der Waals surface area contributed by atoms with Crippen LogP contribution in [0.5, 0.6) is 0 Å². The number of halogens is 1. The minimum absolute atomic E-state index is 0.107. The summed E-state index contributed by atoms with van der Waals surface area (Å²) in [6.07, 6.45) is 2.25. The first-order valence-electron chi connectivity index (χ1n) is 6.15. The summed E-state index contributed by atoms with van der Waals surface area (Å²) in [5.41, 5.74) is 1.93. The fraction of sp³-hybridized carbons (Fsp3) is 0.571. The van der Waals surface area contributed by atoms with Crippen molar-refractivity contribution in [3.8, 4) is 0 Å². The highest BCUT2D eigenvalue weighted by atomic mass is 19.1. The number of aliphatic hydroxyl groups is 1. The number of hydrogen-bond donors (Lipinski definition) is 1. The van der Waals surface area contributed by atoms with Crippen LogP contribution in [-0.4, -0.2) is 18.2 Å². The van der Waals surface area contributed by atoms with Gasteiger partial charge >= 0.3 is 0 Å². The molecule has 3 heteroatoms. The Morgan fingerprint density at radius 1 is 1.24 bits per heavy atom. The highest BCUT2D eigenvalue weighted by Gasteiger charge is 2.25. The molecule has 94 valence electrons. The maximum absolute atomic E-state index is 13.4. The molecule has 0 radical (unpaired) electrons. The SMILES string of the molecule is CC1(C)CCN(c2cc(F)cc(CO)c2)CC1. The van der Waals surface area contributed by atoms with Crippen molar-refractivity contribution in [3.05, 3.63) is 29.6 Å². The first-order chi connectivity index (χ1) is 8.00. The average Bonchev–Trinajstić information content (AvgIpc) is 2.28. The molecule has 1 saturated heterocycles. The van der Waals surface area contributed by atoms with Gasteiger partial charge in [0.15, 0.2) is 0 Å². The summed E-state index contributed by atoms with van der Waals surface area (Å²) in [5.74, 6) is -0.267. The first kappa shape index (κ1) is 12.4. The molecule has 0 saturated carbocycles. The lowest BCUT2D eigenvalue weighted by Gasteiger charge is -2.38. The second-order valence-electron chi connectivity index (χ2n) is 5.63. The normalized spacial score (nSPS) is 19.4. The Bertz CT molecular complexity index is 393. The maximum atomic E-state index is 13.4. The summed E-state index contributed by atoms with van der Waals surface area (Å²) in [6, 6.07) is 4.82. The van der Waals surface area contributed by atoms with E-state index in [1.165, 1.54) is 6.07 Å². The third-order valence-corrected chi connectivity index (χ3v) is 3.61. The predicted octanol–water partition coefficient (Wildman–Crippen LogP) is 2.94. The van der Waals surface area contributed by atoms with Crippen LogP contribution in [0.3, 0.4) is 0 Å². The lowest BCUT2D eigenvalue weighted by molar-refractivity contribution is 0.277. The van der Waals surface area contributed by atoms with E-state index in [-0.39, 0.29) is 12.4 Å². The number of benzene rings is 1. The van der Waals surface area contributed by atoms with Gasteiger partial charge in [0.05, 0.1) is 6.61 Å². The van der Waals surface area contributed by atoms with E-state index in [0.29, 0.717) is 11.0 Å². The number of piperidine rings is 1. The fourth-order valence-corrected chi connectivity index (χ4v) is 2.28. The van der Waals surface area contributed by atoms with Gasteiger partial charge in [-0.3, -0.25) is 0 Å². The van der Waals surface area contributed by atoms with Gasteiger partial charge in [-0.25, -0.2) is 4.39 Å². The van der Waals surface area contributed by atoms with Crippen LogP contribution in [-0.2, 0) is 6.61 Å². The van der Waals surface area contributed by atoms with E-state index in [0.717, 1.165) is 31.6 Å². The van der Waals surface area contributed by atoms with Gasteiger partial charge in [0.2, 0.25) is 0 Å². The minimum Gasteiger partial charge on any atom is -0.392 e. The molecular weight excluding hydrogens is 217 g/mol. The van der Waals surface area contributed by atoms with Gasteiger partial charge in [-0.2, -0.15) is 0 Å². The highest BCUT2D eigenvalue weighted by Crippen LogP contribution is 2.32. The second-order valence-corrected chi connectivity index (χ2v) is 5.63. The Hall–Kier alpha value is -1.09. The average molecular weight is 237 g/mol. The Balaban J connectivity index is 2.15. The molecule has 0 bridgehead atoms. The van der Waals surface area contributed by atoms with E-state index in [4.69, 9.17) is 5.11 Å². The van der Waals surface area contributed by atoms with Crippen LogP contribution in [0, 0.1) is 11.2 Å². The Kier molecular flexibility index (Phi) is 3.38. The summed E-state index contributed by atoms with van der Waals surface area (Å²) in [6.45, 7) is 6.36. The third-order valence-electron chi connectivity index (χ3n) is 3.61. The lowest BCUT2D eigenvalue weighted by Crippen LogP contribution is -2.37. The van der Waals surface area contributed by atoms with E-state index >= 15 is 0 Å². The van der Waals surface area contributed by atoms with Crippen molar-refractivity contribution in [2.45, 2.75) is 33.3 Å². The van der Waals surface area contributed by atoms with E-state index in [2.05, 4.69) is 18.7 Å². The maximum Gasteiger partial charge on any atom is 0.125 e. The Labute approximate surface area is 102 Å².